The van der Waals surface area contributed by atoms with Crippen LogP contribution in [-0.4, -0.2) is 9.97 Å². The van der Waals surface area contributed by atoms with Crippen molar-refractivity contribution in [2.45, 2.75) is 33.1 Å². The Balaban J connectivity index is 0.000000236. The van der Waals surface area contributed by atoms with Gasteiger partial charge in [0.05, 0.1) is 5.56 Å². The van der Waals surface area contributed by atoms with Crippen molar-refractivity contribution in [3.05, 3.63) is 157 Å². The Labute approximate surface area is 305 Å². The van der Waals surface area contributed by atoms with E-state index >= 15 is 0 Å². The molecule has 247 valence electrons. The summed E-state index contributed by atoms with van der Waals surface area (Å²) in [5.41, 5.74) is 11.7. The summed E-state index contributed by atoms with van der Waals surface area (Å²) in [7, 11) is 0. The van der Waals surface area contributed by atoms with Crippen LogP contribution in [0.25, 0.3) is 77.5 Å². The molecule has 0 aliphatic carbocycles. The van der Waals surface area contributed by atoms with E-state index in [0.717, 1.165) is 77.5 Å². The molecule has 1 radical (unpaired) electrons. The van der Waals surface area contributed by atoms with Crippen LogP contribution in [0.4, 0.5) is 0 Å². The number of pyridine rings is 2. The third-order valence-corrected chi connectivity index (χ3v) is 8.90. The van der Waals surface area contributed by atoms with Gasteiger partial charge in [-0.15, -0.1) is 71.3 Å². The first-order valence-corrected chi connectivity index (χ1v) is 16.5. The van der Waals surface area contributed by atoms with E-state index in [2.05, 4.69) is 92.5 Å². The first-order chi connectivity index (χ1) is 23.8. The summed E-state index contributed by atoms with van der Waals surface area (Å²) < 4.78 is 12.9. The first kappa shape index (κ1) is 33.2. The van der Waals surface area contributed by atoms with Gasteiger partial charge in [0.25, 0.3) is 0 Å². The number of aromatic nitrogens is 2. The molecule has 0 N–H and O–H groups in total. The number of nitrogens with zero attached hydrogens (tertiary/aromatic N) is 2. The molecule has 0 fully saturated rings. The SMILES string of the molecule is CC(C)(C)c1cc[c-]c(-c2cc(-c3c4oc5ccccc5c4cc4c3oc3ccccc34)ccn2)c1.Cc1ccc(-c2[c-]cccc2)nc1.[Ir]. The van der Waals surface area contributed by atoms with E-state index in [9.17, 15) is 0 Å². The smallest absolute Gasteiger partial charge is 0.147 e. The van der Waals surface area contributed by atoms with Crippen LogP contribution < -0.4 is 0 Å². The van der Waals surface area contributed by atoms with Crippen molar-refractivity contribution in [2.24, 2.45) is 0 Å². The van der Waals surface area contributed by atoms with Crippen molar-refractivity contribution < 1.29 is 28.9 Å². The van der Waals surface area contributed by atoms with Gasteiger partial charge in [0.2, 0.25) is 0 Å². The second kappa shape index (κ2) is 13.5. The standard InChI is InChI=1S/C33H24NO2.C12H10N.Ir/c1-33(2,3)22-10-8-9-20(17-22)27-18-21(15-16-34-27)30-31-25(23-11-4-6-13-28(23)35-31)19-26-24-12-5-7-14-29(24)36-32(26)30;1-10-7-8-12(13-9-10)11-5-3-2-4-6-11;/h4-8,10-19H,1-3H3;2-5,7-9H,1H3;/q2*-1;. The van der Waals surface area contributed by atoms with Crippen LogP contribution in [-0.2, 0) is 25.5 Å². The average molecular weight is 827 g/mol. The van der Waals surface area contributed by atoms with E-state index in [1.807, 2.05) is 86.0 Å². The summed E-state index contributed by atoms with van der Waals surface area (Å²) in [6.45, 7) is 8.69. The summed E-state index contributed by atoms with van der Waals surface area (Å²) in [5.74, 6) is 0. The van der Waals surface area contributed by atoms with E-state index in [0.29, 0.717) is 0 Å². The van der Waals surface area contributed by atoms with Gasteiger partial charge in [-0.05, 0) is 59.1 Å². The Morgan fingerprint density at radius 3 is 1.86 bits per heavy atom. The Bertz CT molecular complexity index is 2510. The van der Waals surface area contributed by atoms with Crippen LogP contribution in [0.5, 0.6) is 0 Å². The van der Waals surface area contributed by atoms with Crippen LogP contribution in [0.15, 0.2) is 143 Å². The molecule has 5 aromatic carbocycles. The summed E-state index contributed by atoms with van der Waals surface area (Å²) in [6, 6.07) is 47.5. The Kier molecular flexibility index (Phi) is 8.96. The molecule has 0 unspecified atom stereocenters. The minimum Gasteiger partial charge on any atom is -0.455 e. The van der Waals surface area contributed by atoms with E-state index in [-0.39, 0.29) is 25.5 Å². The van der Waals surface area contributed by atoms with Gasteiger partial charge in [0, 0.05) is 54.0 Å². The molecule has 0 saturated heterocycles. The number of furan rings is 2. The van der Waals surface area contributed by atoms with Crippen LogP contribution in [0.2, 0.25) is 0 Å². The van der Waals surface area contributed by atoms with E-state index < -0.39 is 0 Å². The van der Waals surface area contributed by atoms with E-state index in [1.54, 1.807) is 0 Å². The normalized spacial score (nSPS) is 11.4. The Hall–Kier alpha value is -5.35. The summed E-state index contributed by atoms with van der Waals surface area (Å²) in [6.07, 6.45) is 3.73. The van der Waals surface area contributed by atoms with Gasteiger partial charge in [-0.25, -0.2) is 0 Å². The number of para-hydroxylation sites is 2. The molecule has 5 heteroatoms. The number of hydrogen-bond acceptors (Lipinski definition) is 4. The fraction of sp³-hybridized carbons (Fsp3) is 0.111. The third kappa shape index (κ3) is 6.27. The van der Waals surface area contributed by atoms with Crippen LogP contribution >= 0.6 is 0 Å². The van der Waals surface area contributed by atoms with Gasteiger partial charge < -0.3 is 18.8 Å². The number of benzene rings is 5. The fourth-order valence-electron chi connectivity index (χ4n) is 6.29. The zero-order valence-electron chi connectivity index (χ0n) is 28.2. The maximum Gasteiger partial charge on any atom is 0.147 e. The molecule has 4 heterocycles. The minimum absolute atomic E-state index is 0. The van der Waals surface area contributed by atoms with Crippen molar-refractivity contribution in [1.29, 1.82) is 0 Å². The molecular formula is C45H34IrN2O2-2. The number of fused-ring (bicyclic) bond motifs is 6. The first-order valence-electron chi connectivity index (χ1n) is 16.5. The predicted molar refractivity (Wildman–Crippen MR) is 200 cm³/mol. The monoisotopic (exact) mass is 827 g/mol. The maximum absolute atomic E-state index is 6.46. The molecule has 4 aromatic heterocycles. The van der Waals surface area contributed by atoms with Crippen LogP contribution in [0, 0.1) is 19.1 Å². The number of aryl methyl sites for hydroxylation is 1. The quantitative estimate of drug-likeness (QED) is 0.167. The number of rotatable bonds is 3. The molecule has 0 aliphatic rings. The van der Waals surface area contributed by atoms with E-state index in [4.69, 9.17) is 13.8 Å². The van der Waals surface area contributed by atoms with E-state index in [1.165, 1.54) is 11.1 Å². The zero-order valence-corrected chi connectivity index (χ0v) is 30.6. The van der Waals surface area contributed by atoms with Gasteiger partial charge in [-0.1, -0.05) is 75.4 Å². The summed E-state index contributed by atoms with van der Waals surface area (Å²) >= 11 is 0. The average Bonchev–Trinajstić information content (AvgIpc) is 3.69. The Morgan fingerprint density at radius 1 is 0.580 bits per heavy atom. The summed E-state index contributed by atoms with van der Waals surface area (Å²) in [5, 5.41) is 4.36. The zero-order chi connectivity index (χ0) is 33.5. The molecule has 9 aromatic rings. The molecule has 50 heavy (non-hydrogen) atoms. The maximum atomic E-state index is 6.46. The van der Waals surface area contributed by atoms with Crippen molar-refractivity contribution in [3.63, 3.8) is 0 Å². The predicted octanol–water partition coefficient (Wildman–Crippen LogP) is 12.2. The minimum atomic E-state index is 0. The molecule has 0 bridgehead atoms. The van der Waals surface area contributed by atoms with Crippen molar-refractivity contribution in [3.8, 4) is 33.6 Å². The molecule has 0 saturated carbocycles. The topological polar surface area (TPSA) is 52.1 Å². The van der Waals surface area contributed by atoms with Gasteiger partial charge in [-0.3, -0.25) is 0 Å². The van der Waals surface area contributed by atoms with Gasteiger partial charge in [0.1, 0.15) is 22.3 Å². The van der Waals surface area contributed by atoms with Crippen LogP contribution in [0.1, 0.15) is 31.9 Å². The van der Waals surface area contributed by atoms with Crippen molar-refractivity contribution in [2.75, 3.05) is 0 Å². The van der Waals surface area contributed by atoms with Gasteiger partial charge in [0.15, 0.2) is 0 Å². The fourth-order valence-corrected chi connectivity index (χ4v) is 6.29. The molecule has 9 rings (SSSR count). The van der Waals surface area contributed by atoms with Crippen molar-refractivity contribution >= 4 is 43.9 Å². The molecule has 0 spiro atoms. The van der Waals surface area contributed by atoms with Crippen molar-refractivity contribution in [1.82, 2.24) is 9.97 Å². The van der Waals surface area contributed by atoms with Gasteiger partial charge >= 0.3 is 0 Å². The molecular weight excluding hydrogens is 793 g/mol. The molecule has 0 atom stereocenters. The van der Waals surface area contributed by atoms with Gasteiger partial charge in [-0.2, -0.15) is 0 Å². The summed E-state index contributed by atoms with van der Waals surface area (Å²) in [4.78, 5) is 9.03. The Morgan fingerprint density at radius 2 is 1.24 bits per heavy atom. The third-order valence-electron chi connectivity index (χ3n) is 8.90. The second-order valence-electron chi connectivity index (χ2n) is 13.4. The molecule has 0 amide bonds. The number of hydrogen-bond donors (Lipinski definition) is 0. The second-order valence-corrected chi connectivity index (χ2v) is 13.4. The molecule has 4 nitrogen and oxygen atoms in total. The largest absolute Gasteiger partial charge is 0.455 e. The molecule has 0 aliphatic heterocycles. The van der Waals surface area contributed by atoms with Crippen LogP contribution in [0.3, 0.4) is 0 Å².